The summed E-state index contributed by atoms with van der Waals surface area (Å²) < 4.78 is 2.66. The Hall–Kier alpha value is -9.96. The van der Waals surface area contributed by atoms with E-state index in [1.807, 2.05) is 0 Å². The first-order valence-corrected chi connectivity index (χ1v) is 29.3. The zero-order valence-electron chi connectivity index (χ0n) is 47.2. The van der Waals surface area contributed by atoms with Crippen LogP contribution in [0.1, 0.15) is 67.9 Å². The van der Waals surface area contributed by atoms with Crippen molar-refractivity contribution >= 4 is 71.8 Å². The van der Waals surface area contributed by atoms with Gasteiger partial charge in [0.25, 0.3) is 0 Å². The Labute approximate surface area is 486 Å². The van der Waals surface area contributed by atoms with Gasteiger partial charge in [0.05, 0.1) is 16.7 Å². The molecule has 3 nitrogen and oxygen atoms in total. The minimum atomic E-state index is -0.239. The largest absolute Gasteiger partial charge is 0.311 e. The Kier molecular flexibility index (Phi) is 11.1. The summed E-state index contributed by atoms with van der Waals surface area (Å²) in [7, 11) is 0. The van der Waals surface area contributed by atoms with Gasteiger partial charge in [-0.1, -0.05) is 222 Å². The molecular formula is C80H61N3. The summed E-state index contributed by atoms with van der Waals surface area (Å²) in [4.78, 5) is 4.78. The highest BCUT2D eigenvalue weighted by Gasteiger charge is 2.44. The molecule has 0 N–H and O–H groups in total. The summed E-state index contributed by atoms with van der Waals surface area (Å²) in [6.07, 6.45) is 8.17. The van der Waals surface area contributed by atoms with E-state index < -0.39 is 0 Å². The molecule has 0 spiro atoms. The van der Waals surface area contributed by atoms with Crippen LogP contribution in [0.5, 0.6) is 0 Å². The van der Waals surface area contributed by atoms with Crippen LogP contribution < -0.4 is 9.80 Å². The number of hydrogen-bond acceptors (Lipinski definition) is 2. The van der Waals surface area contributed by atoms with Crippen molar-refractivity contribution in [3.63, 3.8) is 0 Å². The predicted octanol–water partition coefficient (Wildman–Crippen LogP) is 21.6. The number of rotatable bonds is 10. The molecule has 3 heterocycles. The van der Waals surface area contributed by atoms with Gasteiger partial charge in [0.15, 0.2) is 0 Å². The predicted molar refractivity (Wildman–Crippen MR) is 351 cm³/mol. The third kappa shape index (κ3) is 7.71. The Balaban J connectivity index is 0.781. The van der Waals surface area contributed by atoms with Crippen molar-refractivity contribution in [1.29, 1.82) is 0 Å². The van der Waals surface area contributed by atoms with Crippen LogP contribution in [0.4, 0.5) is 28.4 Å². The van der Waals surface area contributed by atoms with Gasteiger partial charge in [0, 0.05) is 61.7 Å². The smallest absolute Gasteiger partial charge is 0.0582 e. The van der Waals surface area contributed by atoms with Crippen molar-refractivity contribution in [1.82, 2.24) is 4.57 Å². The molecule has 1 aromatic heterocycles. The number of hydrogen-bond donors (Lipinski definition) is 0. The minimum Gasteiger partial charge on any atom is -0.311 e. The molecule has 1 unspecified atom stereocenters. The highest BCUT2D eigenvalue weighted by atomic mass is 15.2. The van der Waals surface area contributed by atoms with Crippen LogP contribution in [0.2, 0.25) is 0 Å². The van der Waals surface area contributed by atoms with Gasteiger partial charge in [-0.2, -0.15) is 0 Å². The molecule has 12 aromatic carbocycles. The third-order valence-electron chi connectivity index (χ3n) is 18.6. The first-order valence-electron chi connectivity index (χ1n) is 29.3. The van der Waals surface area contributed by atoms with E-state index in [1.165, 1.54) is 116 Å². The minimum absolute atomic E-state index is 0.200. The van der Waals surface area contributed by atoms with Crippen LogP contribution >= 0.6 is 0 Å². The van der Waals surface area contributed by atoms with Crippen LogP contribution in [0.3, 0.4) is 0 Å². The van der Waals surface area contributed by atoms with E-state index in [4.69, 9.17) is 0 Å². The molecule has 13 aromatic rings. The summed E-state index contributed by atoms with van der Waals surface area (Å²) in [5.74, 6) is 0.200. The lowest BCUT2D eigenvalue weighted by molar-refractivity contribution is 0.593. The first kappa shape index (κ1) is 48.9. The lowest BCUT2D eigenvalue weighted by Gasteiger charge is -2.42. The number of nitrogens with zero attached hydrogens (tertiary/aromatic N) is 3. The van der Waals surface area contributed by atoms with Crippen LogP contribution in [0.25, 0.3) is 82.4 Å². The van der Waals surface area contributed by atoms with Crippen LogP contribution in [-0.2, 0) is 10.8 Å². The second kappa shape index (κ2) is 18.8. The monoisotopic (exact) mass is 1060 g/mol. The fourth-order valence-corrected chi connectivity index (χ4v) is 14.3. The van der Waals surface area contributed by atoms with E-state index in [2.05, 4.69) is 321 Å². The van der Waals surface area contributed by atoms with E-state index in [-0.39, 0.29) is 16.7 Å². The summed E-state index contributed by atoms with van der Waals surface area (Å²) >= 11 is 0. The highest BCUT2D eigenvalue weighted by Crippen LogP contribution is 2.57. The Morgan fingerprint density at radius 2 is 0.807 bits per heavy atom. The number of allylic oxidation sites excluding steroid dienone is 3. The molecule has 0 bridgehead atoms. The molecule has 83 heavy (non-hydrogen) atoms. The van der Waals surface area contributed by atoms with E-state index in [9.17, 15) is 0 Å². The maximum atomic E-state index is 2.66. The second-order valence-electron chi connectivity index (χ2n) is 24.0. The molecule has 0 radical (unpaired) electrons. The Morgan fingerprint density at radius 3 is 1.35 bits per heavy atom. The normalized spacial score (nSPS) is 15.3. The maximum absolute atomic E-state index is 2.66. The van der Waals surface area contributed by atoms with E-state index in [0.717, 1.165) is 34.9 Å². The molecule has 0 saturated carbocycles. The van der Waals surface area contributed by atoms with Gasteiger partial charge in [0.2, 0.25) is 0 Å². The molecule has 3 aliphatic rings. The van der Waals surface area contributed by atoms with Gasteiger partial charge in [-0.05, 0) is 174 Å². The molecule has 0 amide bonds. The zero-order valence-corrected chi connectivity index (χ0v) is 47.2. The molecule has 1 atom stereocenters. The maximum Gasteiger partial charge on any atom is 0.0582 e. The van der Waals surface area contributed by atoms with Crippen LogP contribution in [-0.4, -0.2) is 4.57 Å². The molecular weight excluding hydrogens is 1000 g/mol. The van der Waals surface area contributed by atoms with Gasteiger partial charge in [-0.15, -0.1) is 0 Å². The molecule has 396 valence electrons. The number of anilines is 5. The first-order chi connectivity index (χ1) is 40.7. The molecule has 16 rings (SSSR count). The van der Waals surface area contributed by atoms with E-state index in [0.29, 0.717) is 0 Å². The molecule has 1 aliphatic carbocycles. The van der Waals surface area contributed by atoms with Crippen molar-refractivity contribution in [2.75, 3.05) is 9.80 Å². The molecule has 0 saturated heterocycles. The third-order valence-corrected chi connectivity index (χ3v) is 18.6. The van der Waals surface area contributed by atoms with Crippen molar-refractivity contribution in [2.24, 2.45) is 0 Å². The van der Waals surface area contributed by atoms with Gasteiger partial charge in [-0.3, -0.25) is 0 Å². The number of para-hydroxylation sites is 3. The standard InChI is InChI=1S/C80H61N3/c1-79(2)72-30-17-31-73-78(72)83-76-70(48-58(50-74(76)79)52-32-40-62(41-33-52)81(60-22-7-5-8-23-60)64-44-36-56(37-45-64)68-28-15-20-54-18-11-13-26-66(54)68)71-49-59(51-75(77(71)83)80(73,3)4)53-34-42-63(43-35-53)82(61-24-9-6-10-25-61)65-46-38-57(39-47-65)69-29-16-21-55-19-12-14-27-67(55)69/h5-34,36-51,53H,35H2,1-4H3. The molecule has 2 aliphatic heterocycles. The Bertz CT molecular complexity index is 4780. The summed E-state index contributed by atoms with van der Waals surface area (Å²) in [5.41, 5.74) is 24.7. The fourth-order valence-electron chi connectivity index (χ4n) is 14.3. The topological polar surface area (TPSA) is 11.4 Å². The van der Waals surface area contributed by atoms with Crippen LogP contribution in [0.15, 0.2) is 285 Å². The number of fused-ring (bicyclic) bond motifs is 3. The van der Waals surface area contributed by atoms with Gasteiger partial charge in [-0.25, -0.2) is 0 Å². The number of aromatic nitrogens is 1. The molecule has 3 heteroatoms. The quantitative estimate of drug-likeness (QED) is 0.135. The zero-order chi connectivity index (χ0) is 55.6. The Morgan fingerprint density at radius 1 is 0.361 bits per heavy atom. The van der Waals surface area contributed by atoms with Crippen molar-refractivity contribution in [3.8, 4) is 39.1 Å². The SMILES string of the molecule is CC1(C)c2cccc3c2-n2c4c1cc(-c1ccc(N(c5ccccc5)c5ccc(-c6cccc7ccccc67)cc5)cc1)cc4c1cc(C4C=CC(N(c5ccccc5)c5ccc(-c6cccc7ccccc67)cc5)=CC4)cc(c12)C3(C)C. The van der Waals surface area contributed by atoms with Gasteiger partial charge < -0.3 is 14.4 Å². The lowest BCUT2D eigenvalue weighted by Crippen LogP contribution is -2.33. The molecule has 0 fully saturated rings. The van der Waals surface area contributed by atoms with E-state index >= 15 is 0 Å². The average Bonchev–Trinajstić information content (AvgIpc) is 2.63. The summed E-state index contributed by atoms with van der Waals surface area (Å²) in [6.45, 7) is 9.79. The lowest BCUT2D eigenvalue weighted by atomic mass is 9.68. The van der Waals surface area contributed by atoms with E-state index in [1.54, 1.807) is 0 Å². The van der Waals surface area contributed by atoms with Crippen molar-refractivity contribution in [2.45, 2.75) is 50.9 Å². The fraction of sp³-hybridized carbons (Fsp3) is 0.100. The second-order valence-corrected chi connectivity index (χ2v) is 24.0. The van der Waals surface area contributed by atoms with Gasteiger partial charge in [0.1, 0.15) is 0 Å². The summed E-state index contributed by atoms with van der Waals surface area (Å²) in [6, 6.07) is 96.7. The van der Waals surface area contributed by atoms with Crippen molar-refractivity contribution in [3.05, 3.63) is 313 Å². The number of benzene rings is 12. The van der Waals surface area contributed by atoms with Crippen molar-refractivity contribution < 1.29 is 0 Å². The summed E-state index contributed by atoms with van der Waals surface area (Å²) in [5, 5.41) is 7.70. The average molecular weight is 1060 g/mol. The van der Waals surface area contributed by atoms with Gasteiger partial charge >= 0.3 is 0 Å². The highest BCUT2D eigenvalue weighted by molar-refractivity contribution is 6.15. The van der Waals surface area contributed by atoms with Crippen LogP contribution in [0, 0.1) is 0 Å².